The topological polar surface area (TPSA) is 122 Å². The van der Waals surface area contributed by atoms with Crippen LogP contribution in [0.5, 0.6) is 0 Å². The van der Waals surface area contributed by atoms with E-state index in [4.69, 9.17) is 13.9 Å². The van der Waals surface area contributed by atoms with Crippen LogP contribution >= 0.6 is 0 Å². The fraction of sp³-hybridized carbons (Fsp3) is 0.516. The molecule has 9 nitrogen and oxygen atoms in total. The van der Waals surface area contributed by atoms with Gasteiger partial charge in [0.1, 0.15) is 5.60 Å². The van der Waals surface area contributed by atoms with Crippen LogP contribution in [0.3, 0.4) is 0 Å². The second kappa shape index (κ2) is 12.7. The van der Waals surface area contributed by atoms with Crippen molar-refractivity contribution in [1.29, 1.82) is 0 Å². The van der Waals surface area contributed by atoms with E-state index in [0.717, 1.165) is 10.4 Å². The third-order valence-corrected chi connectivity index (χ3v) is 12.3. The predicted octanol–water partition coefficient (Wildman–Crippen LogP) is 3.93. The van der Waals surface area contributed by atoms with Crippen LogP contribution in [0.25, 0.3) is 5.53 Å². The van der Waals surface area contributed by atoms with Crippen molar-refractivity contribution in [1.82, 2.24) is 4.90 Å². The van der Waals surface area contributed by atoms with Crippen molar-refractivity contribution < 1.29 is 33.4 Å². The average molecular weight is 582 g/mol. The van der Waals surface area contributed by atoms with Gasteiger partial charge in [-0.1, -0.05) is 81.4 Å². The number of nitrogens with zero attached hydrogens (tertiary/aromatic N) is 3. The molecule has 0 spiro atoms. The number of amides is 1. The number of benzene rings is 2. The van der Waals surface area contributed by atoms with Crippen molar-refractivity contribution in [2.24, 2.45) is 0 Å². The molecule has 0 bridgehead atoms. The molecule has 3 rings (SSSR count). The monoisotopic (exact) mass is 581 g/mol. The summed E-state index contributed by atoms with van der Waals surface area (Å²) in [5, 5.41) is 13.5. The third kappa shape index (κ3) is 7.13. The Balaban J connectivity index is 2.09. The molecule has 0 radical (unpaired) electrons. The maximum absolute atomic E-state index is 13.4. The van der Waals surface area contributed by atoms with Gasteiger partial charge in [-0.3, -0.25) is 0 Å². The van der Waals surface area contributed by atoms with Crippen LogP contribution < -0.4 is 10.4 Å². The number of hydrogen-bond acceptors (Lipinski definition) is 6. The fourth-order valence-electron chi connectivity index (χ4n) is 5.52. The Labute approximate surface area is 244 Å². The molecule has 2 aromatic rings. The lowest BCUT2D eigenvalue weighted by Crippen LogP contribution is -2.68. The maximum atomic E-state index is 13.4. The predicted molar refractivity (Wildman–Crippen MR) is 160 cm³/mol. The molecule has 1 aliphatic rings. The van der Waals surface area contributed by atoms with Crippen molar-refractivity contribution in [3.63, 3.8) is 0 Å². The number of esters is 1. The van der Waals surface area contributed by atoms with Gasteiger partial charge in [0.15, 0.2) is 5.60 Å². The minimum absolute atomic E-state index is 0.0415. The zero-order chi connectivity index (χ0) is 30.5. The summed E-state index contributed by atoms with van der Waals surface area (Å²) in [4.78, 5) is 30.7. The first kappa shape index (κ1) is 32.2. The summed E-state index contributed by atoms with van der Waals surface area (Å²) in [6, 6.07) is 19.5. The highest BCUT2D eigenvalue weighted by Crippen LogP contribution is 2.38. The number of rotatable bonds is 8. The van der Waals surface area contributed by atoms with Crippen molar-refractivity contribution in [2.75, 3.05) is 19.8 Å². The van der Waals surface area contributed by atoms with Crippen molar-refractivity contribution in [3.8, 4) is 0 Å². The highest BCUT2D eigenvalue weighted by atomic mass is 28.4. The summed E-state index contributed by atoms with van der Waals surface area (Å²) in [7, 11) is -2.99. The number of aliphatic hydroxyl groups is 1. The van der Waals surface area contributed by atoms with Crippen LogP contribution in [-0.2, 0) is 18.7 Å². The molecule has 1 heterocycles. The Morgan fingerprint density at radius 3 is 2.00 bits per heavy atom. The minimum atomic E-state index is -2.99. The maximum Gasteiger partial charge on any atom is 0.420 e. The van der Waals surface area contributed by atoms with Gasteiger partial charge in [-0.25, -0.2) is 9.59 Å². The van der Waals surface area contributed by atoms with Gasteiger partial charge in [-0.15, -0.1) is 0 Å². The first-order valence-corrected chi connectivity index (χ1v) is 16.0. The van der Waals surface area contributed by atoms with Crippen LogP contribution in [-0.4, -0.2) is 77.9 Å². The molecule has 222 valence electrons. The van der Waals surface area contributed by atoms with E-state index >= 15 is 0 Å². The normalized spacial score (nSPS) is 19.7. The van der Waals surface area contributed by atoms with E-state index in [1.54, 1.807) is 27.7 Å². The van der Waals surface area contributed by atoms with Crippen molar-refractivity contribution in [2.45, 2.75) is 83.6 Å². The molecule has 1 saturated heterocycles. The number of ether oxygens (including phenoxy) is 2. The van der Waals surface area contributed by atoms with E-state index < -0.39 is 43.3 Å². The van der Waals surface area contributed by atoms with Gasteiger partial charge in [-0.2, -0.15) is 4.79 Å². The zero-order valence-electron chi connectivity index (χ0n) is 25.2. The molecule has 0 aromatic heterocycles. The first-order valence-electron chi connectivity index (χ1n) is 14.0. The minimum Gasteiger partial charge on any atom is -0.457 e. The largest absolute Gasteiger partial charge is 0.457 e. The summed E-state index contributed by atoms with van der Waals surface area (Å²) in [6.45, 7) is 13.6. The van der Waals surface area contributed by atoms with Gasteiger partial charge in [0.25, 0.3) is 8.32 Å². The summed E-state index contributed by atoms with van der Waals surface area (Å²) in [6.07, 6.45) is -0.697. The zero-order valence-corrected chi connectivity index (χ0v) is 26.2. The van der Waals surface area contributed by atoms with Gasteiger partial charge >= 0.3 is 17.8 Å². The molecule has 2 atom stereocenters. The Bertz CT molecular complexity index is 1210. The molecule has 1 fully saturated rings. The highest BCUT2D eigenvalue weighted by molar-refractivity contribution is 6.99. The van der Waals surface area contributed by atoms with Crippen LogP contribution in [0.1, 0.15) is 61.3 Å². The lowest BCUT2D eigenvalue weighted by Gasteiger charge is -2.46. The van der Waals surface area contributed by atoms with Crippen LogP contribution in [0.4, 0.5) is 4.79 Å². The molecule has 1 amide bonds. The number of carbonyl (C=O) groups excluding carboxylic acids is 2. The summed E-state index contributed by atoms with van der Waals surface area (Å²) < 4.78 is 17.8. The van der Waals surface area contributed by atoms with E-state index in [1.165, 1.54) is 4.90 Å². The number of carbonyl (C=O) groups is 2. The van der Waals surface area contributed by atoms with E-state index in [0.29, 0.717) is 0 Å². The molecule has 2 aromatic carbocycles. The van der Waals surface area contributed by atoms with E-state index in [2.05, 4.69) is 49.8 Å². The quantitative estimate of drug-likeness (QED) is 0.166. The Hall–Kier alpha value is -3.30. The van der Waals surface area contributed by atoms with Crippen LogP contribution in [0.15, 0.2) is 60.7 Å². The highest BCUT2D eigenvalue weighted by Gasteiger charge is 2.55. The van der Waals surface area contributed by atoms with Crippen molar-refractivity contribution >= 4 is 36.5 Å². The number of likely N-dealkylation sites (tertiary alicyclic amines) is 1. The summed E-state index contributed by atoms with van der Waals surface area (Å²) in [5.74, 6) is -0.908. The molecule has 1 N–H and O–H groups in total. The molecule has 0 saturated carbocycles. The average Bonchev–Trinajstić information content (AvgIpc) is 2.89. The molecule has 10 heteroatoms. The summed E-state index contributed by atoms with van der Waals surface area (Å²) >= 11 is 0. The standard InChI is InChI=1S/C31H43N3O6Si/c1-8-38-27(35)26(33-32)31(37)19-20-34(28(36)40-29(2,3)4)23(21-31)22-39-41(30(5,6)7,24-15-11-9-12-16-24)25-17-13-10-14-18-25/h9-18,23,37H,8,19-22H2,1-7H3/t23-,31?/m0/s1. The first-order chi connectivity index (χ1) is 19.2. The second-order valence-electron chi connectivity index (χ2n) is 12.5. The second-order valence-corrected chi connectivity index (χ2v) is 16.8. The third-order valence-electron chi connectivity index (χ3n) is 7.33. The van der Waals surface area contributed by atoms with Crippen LogP contribution in [0.2, 0.25) is 5.04 Å². The van der Waals surface area contributed by atoms with E-state index in [9.17, 15) is 20.2 Å². The SMILES string of the molecule is CCOC(=O)C(=[N+]=[N-])C1(O)CCN(C(=O)OC(C)(C)C)[C@H](CO[Si](c2ccccc2)(c2ccccc2)C(C)(C)C)C1. The Morgan fingerprint density at radius 1 is 1.02 bits per heavy atom. The van der Waals surface area contributed by atoms with Gasteiger partial charge in [0, 0.05) is 19.4 Å². The molecule has 1 aliphatic heterocycles. The number of piperidine rings is 1. The van der Waals surface area contributed by atoms with E-state index in [-0.39, 0.29) is 37.6 Å². The van der Waals surface area contributed by atoms with Gasteiger partial charge in [0.05, 0.1) is 19.3 Å². The summed E-state index contributed by atoms with van der Waals surface area (Å²) in [5.41, 5.74) is 6.65. The number of hydrogen-bond donors (Lipinski definition) is 1. The van der Waals surface area contributed by atoms with Gasteiger partial charge in [-0.05, 0) is 43.1 Å². The molecular formula is C31H43N3O6Si. The van der Waals surface area contributed by atoms with Gasteiger partial charge < -0.3 is 29.4 Å². The lowest BCUT2D eigenvalue weighted by atomic mass is 9.82. The van der Waals surface area contributed by atoms with Crippen LogP contribution in [0, 0.1) is 0 Å². The molecular weight excluding hydrogens is 538 g/mol. The fourth-order valence-corrected chi connectivity index (χ4v) is 10.1. The van der Waals surface area contributed by atoms with Crippen molar-refractivity contribution in [3.05, 3.63) is 66.2 Å². The van der Waals surface area contributed by atoms with E-state index in [1.807, 2.05) is 36.4 Å². The molecule has 41 heavy (non-hydrogen) atoms. The lowest BCUT2D eigenvalue weighted by molar-refractivity contribution is -0.144. The molecule has 1 unspecified atom stereocenters. The Kier molecular flexibility index (Phi) is 9.97. The smallest absolute Gasteiger partial charge is 0.420 e. The molecule has 0 aliphatic carbocycles. The van der Waals surface area contributed by atoms with Gasteiger partial charge in [0.2, 0.25) is 0 Å². The Morgan fingerprint density at radius 2 is 1.56 bits per heavy atom.